The van der Waals surface area contributed by atoms with Crippen molar-refractivity contribution in [1.29, 1.82) is 0 Å². The summed E-state index contributed by atoms with van der Waals surface area (Å²) in [7, 11) is 0. The third kappa shape index (κ3) is 3.89. The second-order valence-corrected chi connectivity index (χ2v) is 4.90. The van der Waals surface area contributed by atoms with E-state index in [9.17, 15) is 14.0 Å². The molecule has 0 radical (unpaired) electrons. The lowest BCUT2D eigenvalue weighted by atomic mass is 10.2. The van der Waals surface area contributed by atoms with Gasteiger partial charge >= 0.3 is 6.01 Å². The van der Waals surface area contributed by atoms with Gasteiger partial charge in [-0.1, -0.05) is 16.9 Å². The number of hydrogen-bond donors (Lipinski definition) is 1. The lowest BCUT2D eigenvalue weighted by Gasteiger charge is -1.97. The molecule has 0 saturated carbocycles. The average molecular weight is 295 g/mol. The number of aromatic nitrogens is 2. The molecule has 2 aromatic rings. The number of carbonyl (C=O) groups excluding carboxylic acids is 2. The second kappa shape index (κ2) is 6.29. The van der Waals surface area contributed by atoms with Gasteiger partial charge < -0.3 is 4.42 Å². The van der Waals surface area contributed by atoms with Crippen LogP contribution < -0.4 is 5.32 Å². The highest BCUT2D eigenvalue weighted by molar-refractivity contribution is 8.14. The Bertz CT molecular complexity index is 627. The molecule has 0 saturated heterocycles. The van der Waals surface area contributed by atoms with E-state index in [1.165, 1.54) is 31.2 Å². The predicted octanol–water partition coefficient (Wildman–Crippen LogP) is 2.09. The summed E-state index contributed by atoms with van der Waals surface area (Å²) in [6.45, 7) is 1.37. The minimum Gasteiger partial charge on any atom is -0.403 e. The van der Waals surface area contributed by atoms with Crippen molar-refractivity contribution in [3.05, 3.63) is 30.1 Å². The van der Waals surface area contributed by atoms with Crippen LogP contribution in [0, 0.1) is 5.82 Å². The highest BCUT2D eigenvalue weighted by Gasteiger charge is 2.12. The molecular weight excluding hydrogens is 285 g/mol. The fraction of sp³-hybridized carbons (Fsp3) is 0.167. The van der Waals surface area contributed by atoms with Crippen LogP contribution in [-0.4, -0.2) is 27.0 Å². The summed E-state index contributed by atoms with van der Waals surface area (Å²) in [5.74, 6) is -0.647. The molecule has 1 N–H and O–H groups in total. The van der Waals surface area contributed by atoms with Gasteiger partial charge in [-0.25, -0.2) is 4.39 Å². The van der Waals surface area contributed by atoms with E-state index in [4.69, 9.17) is 4.42 Å². The van der Waals surface area contributed by atoms with Gasteiger partial charge in [0.05, 0.1) is 5.75 Å². The monoisotopic (exact) mass is 295 g/mol. The number of nitrogens with one attached hydrogen (secondary N) is 1. The fourth-order valence-electron chi connectivity index (χ4n) is 1.31. The standard InChI is InChI=1S/C12H10FN3O3S/c1-7(17)20-6-10(18)14-12-16-15-11(19-12)8-2-4-9(13)5-3-8/h2-5H,6H2,1H3,(H,14,16,18). The highest BCUT2D eigenvalue weighted by atomic mass is 32.2. The number of halogens is 1. The maximum Gasteiger partial charge on any atom is 0.322 e. The first-order chi connectivity index (χ1) is 9.54. The van der Waals surface area contributed by atoms with E-state index < -0.39 is 5.91 Å². The third-order valence-corrected chi connectivity index (χ3v) is 2.98. The van der Waals surface area contributed by atoms with E-state index in [0.29, 0.717) is 5.56 Å². The minimum atomic E-state index is -0.417. The Morgan fingerprint density at radius 2 is 2.00 bits per heavy atom. The number of amides is 1. The van der Waals surface area contributed by atoms with Crippen LogP contribution in [0.2, 0.25) is 0 Å². The van der Waals surface area contributed by atoms with Crippen LogP contribution in [-0.2, 0) is 9.59 Å². The van der Waals surface area contributed by atoms with E-state index >= 15 is 0 Å². The highest BCUT2D eigenvalue weighted by Crippen LogP contribution is 2.20. The molecule has 0 unspecified atom stereocenters. The second-order valence-electron chi connectivity index (χ2n) is 3.75. The van der Waals surface area contributed by atoms with E-state index in [0.717, 1.165) is 11.8 Å². The third-order valence-electron chi connectivity index (χ3n) is 2.17. The van der Waals surface area contributed by atoms with Gasteiger partial charge in [0, 0.05) is 12.5 Å². The first-order valence-corrected chi connectivity index (χ1v) is 6.56. The Morgan fingerprint density at radius 1 is 1.30 bits per heavy atom. The number of hydrogen-bond acceptors (Lipinski definition) is 6. The van der Waals surface area contributed by atoms with Gasteiger partial charge in [-0.3, -0.25) is 14.9 Å². The molecule has 0 spiro atoms. The molecule has 0 atom stereocenters. The van der Waals surface area contributed by atoms with Gasteiger partial charge in [0.2, 0.25) is 11.8 Å². The van der Waals surface area contributed by atoms with E-state index in [1.807, 2.05) is 0 Å². The van der Waals surface area contributed by atoms with E-state index in [2.05, 4.69) is 15.5 Å². The van der Waals surface area contributed by atoms with Crippen LogP contribution in [0.1, 0.15) is 6.92 Å². The van der Waals surface area contributed by atoms with E-state index in [-0.39, 0.29) is 28.6 Å². The zero-order valence-corrected chi connectivity index (χ0v) is 11.2. The lowest BCUT2D eigenvalue weighted by molar-refractivity contribution is -0.114. The summed E-state index contributed by atoms with van der Waals surface area (Å²) in [6.07, 6.45) is 0. The molecule has 8 heteroatoms. The van der Waals surface area contributed by atoms with Gasteiger partial charge in [-0.2, -0.15) is 0 Å². The summed E-state index contributed by atoms with van der Waals surface area (Å²) < 4.78 is 18.0. The summed E-state index contributed by atoms with van der Waals surface area (Å²) in [4.78, 5) is 22.2. The van der Waals surface area contributed by atoms with Gasteiger partial charge in [0.1, 0.15) is 5.82 Å². The lowest BCUT2D eigenvalue weighted by Crippen LogP contribution is -2.15. The molecule has 1 aromatic heterocycles. The van der Waals surface area contributed by atoms with Crippen LogP contribution in [0.3, 0.4) is 0 Å². The van der Waals surface area contributed by atoms with Gasteiger partial charge in [-0.15, -0.1) is 5.10 Å². The van der Waals surface area contributed by atoms with Gasteiger partial charge in [-0.05, 0) is 24.3 Å². The molecule has 1 amide bonds. The van der Waals surface area contributed by atoms with Crippen LogP contribution in [0.5, 0.6) is 0 Å². The normalized spacial score (nSPS) is 10.3. The molecule has 0 aliphatic rings. The summed E-state index contributed by atoms with van der Waals surface area (Å²) >= 11 is 0.881. The fourth-order valence-corrected chi connectivity index (χ4v) is 1.71. The molecule has 104 valence electrons. The van der Waals surface area contributed by atoms with Crippen LogP contribution in [0.25, 0.3) is 11.5 Å². The zero-order valence-electron chi connectivity index (χ0n) is 10.4. The van der Waals surface area contributed by atoms with Crippen molar-refractivity contribution in [3.8, 4) is 11.5 Å². The van der Waals surface area contributed by atoms with Crippen molar-refractivity contribution in [3.63, 3.8) is 0 Å². The topological polar surface area (TPSA) is 85.1 Å². The largest absolute Gasteiger partial charge is 0.403 e. The minimum absolute atomic E-state index is 0.0242. The first-order valence-electron chi connectivity index (χ1n) is 5.57. The SMILES string of the molecule is CC(=O)SCC(=O)Nc1nnc(-c2ccc(F)cc2)o1. The first kappa shape index (κ1) is 14.2. The smallest absolute Gasteiger partial charge is 0.322 e. The van der Waals surface area contributed by atoms with Crippen molar-refractivity contribution >= 4 is 28.8 Å². The zero-order chi connectivity index (χ0) is 14.5. The predicted molar refractivity (Wildman–Crippen MR) is 71.5 cm³/mol. The van der Waals surface area contributed by atoms with Gasteiger partial charge in [0.15, 0.2) is 5.12 Å². The van der Waals surface area contributed by atoms with Crippen LogP contribution in [0.15, 0.2) is 28.7 Å². The molecule has 1 aromatic carbocycles. The number of nitrogens with zero attached hydrogens (tertiary/aromatic N) is 2. The Kier molecular flexibility index (Phi) is 4.46. The number of benzene rings is 1. The molecule has 0 aliphatic carbocycles. The molecule has 0 fully saturated rings. The number of anilines is 1. The van der Waals surface area contributed by atoms with Crippen molar-refractivity contribution < 1.29 is 18.4 Å². The Labute approximate surface area is 117 Å². The molecule has 6 nitrogen and oxygen atoms in total. The Morgan fingerprint density at radius 3 is 2.65 bits per heavy atom. The van der Waals surface area contributed by atoms with Crippen LogP contribution >= 0.6 is 11.8 Å². The van der Waals surface area contributed by atoms with E-state index in [1.54, 1.807) is 0 Å². The van der Waals surface area contributed by atoms with Gasteiger partial charge in [0.25, 0.3) is 0 Å². The summed E-state index contributed by atoms with van der Waals surface area (Å²) in [6, 6.07) is 5.43. The number of thioether (sulfide) groups is 1. The number of carbonyl (C=O) groups is 2. The molecule has 0 bridgehead atoms. The maximum atomic E-state index is 12.8. The van der Waals surface area contributed by atoms with Crippen molar-refractivity contribution in [2.75, 3.05) is 11.1 Å². The van der Waals surface area contributed by atoms with Crippen molar-refractivity contribution in [1.82, 2.24) is 10.2 Å². The number of rotatable bonds is 4. The average Bonchev–Trinajstić information content (AvgIpc) is 2.85. The summed E-state index contributed by atoms with van der Waals surface area (Å²) in [5, 5.41) is 9.60. The van der Waals surface area contributed by atoms with Crippen LogP contribution in [0.4, 0.5) is 10.4 Å². The molecule has 20 heavy (non-hydrogen) atoms. The molecule has 1 heterocycles. The molecule has 2 rings (SSSR count). The molecule has 0 aliphatic heterocycles. The van der Waals surface area contributed by atoms with Crippen molar-refractivity contribution in [2.24, 2.45) is 0 Å². The maximum absolute atomic E-state index is 12.8. The Balaban J connectivity index is 2.00. The summed E-state index contributed by atoms with van der Waals surface area (Å²) in [5.41, 5.74) is 0.539. The van der Waals surface area contributed by atoms with Crippen molar-refractivity contribution in [2.45, 2.75) is 6.92 Å². The molecular formula is C12H10FN3O3S. The Hall–Kier alpha value is -2.22. The quantitative estimate of drug-likeness (QED) is 0.929.